The number of rotatable bonds is 7. The molecule has 0 spiro atoms. The Balaban J connectivity index is 1.21. The molecule has 2 aromatic rings. The first kappa shape index (κ1) is 22.3. The molecular weight excluding hydrogens is 407 g/mol. The molecule has 2 aliphatic heterocycles. The largest absolute Gasteiger partial charge is 0.369 e. The average Bonchev–Trinajstić information content (AvgIpc) is 2.81. The van der Waals surface area contributed by atoms with Crippen molar-refractivity contribution in [3.63, 3.8) is 0 Å². The van der Waals surface area contributed by atoms with E-state index in [-0.39, 0.29) is 11.7 Å². The molecule has 1 fully saturated rings. The molecule has 0 saturated carbocycles. The first-order chi connectivity index (χ1) is 15.5. The first-order valence-electron chi connectivity index (χ1n) is 11.4. The molecule has 0 aliphatic carbocycles. The fourth-order valence-electron chi connectivity index (χ4n) is 4.68. The van der Waals surface area contributed by atoms with Crippen molar-refractivity contribution >= 4 is 17.5 Å². The van der Waals surface area contributed by atoms with E-state index in [1.807, 2.05) is 36.4 Å². The zero-order valence-corrected chi connectivity index (χ0v) is 18.4. The lowest BCUT2D eigenvalue weighted by Crippen LogP contribution is -2.51. The highest BCUT2D eigenvalue weighted by molar-refractivity contribution is 5.87. The van der Waals surface area contributed by atoms with Gasteiger partial charge >= 0.3 is 0 Å². The summed E-state index contributed by atoms with van der Waals surface area (Å²) >= 11 is 0. The van der Waals surface area contributed by atoms with Crippen LogP contribution >= 0.6 is 0 Å². The van der Waals surface area contributed by atoms with Crippen LogP contribution in [-0.4, -0.2) is 60.4 Å². The van der Waals surface area contributed by atoms with Crippen molar-refractivity contribution in [3.8, 4) is 0 Å². The van der Waals surface area contributed by atoms with Gasteiger partial charge in [0.25, 0.3) is 0 Å². The number of amides is 2. The number of carbonyl (C=O) groups excluding carboxylic acids is 2. The van der Waals surface area contributed by atoms with Crippen LogP contribution in [0.2, 0.25) is 0 Å². The average molecular weight is 439 g/mol. The van der Waals surface area contributed by atoms with Gasteiger partial charge in [-0.2, -0.15) is 0 Å². The van der Waals surface area contributed by atoms with E-state index >= 15 is 0 Å². The van der Waals surface area contributed by atoms with Crippen LogP contribution in [0, 0.1) is 5.82 Å². The van der Waals surface area contributed by atoms with E-state index in [1.54, 1.807) is 4.90 Å². The van der Waals surface area contributed by atoms with Gasteiger partial charge in [-0.3, -0.25) is 14.5 Å². The van der Waals surface area contributed by atoms with Crippen LogP contribution in [0.5, 0.6) is 0 Å². The van der Waals surface area contributed by atoms with Gasteiger partial charge in [-0.25, -0.2) is 4.39 Å². The van der Waals surface area contributed by atoms with Gasteiger partial charge in [0, 0.05) is 51.3 Å². The molecule has 1 atom stereocenters. The summed E-state index contributed by atoms with van der Waals surface area (Å²) in [6.07, 6.45) is 2.66. The highest BCUT2D eigenvalue weighted by atomic mass is 19.1. The van der Waals surface area contributed by atoms with Gasteiger partial charge in [0.2, 0.25) is 11.8 Å². The van der Waals surface area contributed by atoms with Gasteiger partial charge in [0.05, 0.1) is 0 Å². The van der Waals surface area contributed by atoms with E-state index in [0.29, 0.717) is 19.4 Å². The molecule has 6 nitrogen and oxygen atoms in total. The molecule has 2 aromatic carbocycles. The summed E-state index contributed by atoms with van der Waals surface area (Å²) in [6, 6.07) is 14.0. The number of fused-ring (bicyclic) bond motifs is 1. The van der Waals surface area contributed by atoms with Crippen LogP contribution in [0.25, 0.3) is 0 Å². The number of benzene rings is 2. The lowest BCUT2D eigenvalue weighted by molar-refractivity contribution is -0.140. The molecule has 2 amide bonds. The quantitative estimate of drug-likeness (QED) is 0.675. The van der Waals surface area contributed by atoms with Gasteiger partial charge in [0.1, 0.15) is 11.9 Å². The Morgan fingerprint density at radius 3 is 2.31 bits per heavy atom. The second-order valence-corrected chi connectivity index (χ2v) is 8.67. The zero-order chi connectivity index (χ0) is 22.5. The van der Waals surface area contributed by atoms with Crippen molar-refractivity contribution in [2.24, 2.45) is 5.73 Å². The number of nitrogens with zero attached hydrogens (tertiary/aromatic N) is 3. The summed E-state index contributed by atoms with van der Waals surface area (Å²) in [7, 11) is 0. The summed E-state index contributed by atoms with van der Waals surface area (Å²) in [5.41, 5.74) is 8.85. The Morgan fingerprint density at radius 2 is 1.62 bits per heavy atom. The summed E-state index contributed by atoms with van der Waals surface area (Å²) in [6.45, 7) is 5.15. The van der Waals surface area contributed by atoms with Crippen LogP contribution < -0.4 is 10.6 Å². The Morgan fingerprint density at radius 1 is 0.938 bits per heavy atom. The van der Waals surface area contributed by atoms with E-state index in [9.17, 15) is 14.0 Å². The lowest BCUT2D eigenvalue weighted by atomic mass is 9.93. The molecule has 2 heterocycles. The number of unbranched alkanes of at least 4 members (excludes halogenated alkanes) is 1. The number of piperazine rings is 1. The molecule has 32 heavy (non-hydrogen) atoms. The smallest absolute Gasteiger partial charge is 0.240 e. The molecular formula is C25H31FN4O2. The van der Waals surface area contributed by atoms with Crippen LogP contribution in [0.1, 0.15) is 30.4 Å². The summed E-state index contributed by atoms with van der Waals surface area (Å²) in [5.74, 6) is -0.644. The third-order valence-corrected chi connectivity index (χ3v) is 6.58. The Bertz CT molecular complexity index is 941. The minimum Gasteiger partial charge on any atom is -0.369 e. The molecule has 7 heteroatoms. The number of halogens is 1. The minimum absolute atomic E-state index is 0.00410. The van der Waals surface area contributed by atoms with E-state index in [0.717, 1.165) is 62.4 Å². The van der Waals surface area contributed by atoms with Crippen molar-refractivity contribution in [1.82, 2.24) is 9.80 Å². The third-order valence-electron chi connectivity index (χ3n) is 6.58. The SMILES string of the molecule is NC(=O)[C@@H]1Cc2ccccc2CN1C(=O)CCCCN1CCN(c2ccc(F)cc2)CC1. The predicted octanol–water partition coefficient (Wildman–Crippen LogP) is 2.56. The lowest BCUT2D eigenvalue weighted by Gasteiger charge is -2.36. The minimum atomic E-state index is -0.558. The van der Waals surface area contributed by atoms with Crippen molar-refractivity contribution in [1.29, 1.82) is 0 Å². The van der Waals surface area contributed by atoms with E-state index in [2.05, 4.69) is 9.80 Å². The number of nitrogens with two attached hydrogens (primary N) is 1. The normalized spacial score (nSPS) is 19.0. The number of hydrogen-bond donors (Lipinski definition) is 1. The maximum absolute atomic E-state index is 13.1. The molecule has 0 bridgehead atoms. The molecule has 1 saturated heterocycles. The number of carbonyl (C=O) groups is 2. The predicted molar refractivity (Wildman–Crippen MR) is 123 cm³/mol. The van der Waals surface area contributed by atoms with Crippen LogP contribution in [0.15, 0.2) is 48.5 Å². The standard InChI is InChI=1S/C25H31FN4O2/c26-21-8-10-22(11-9-21)29-15-13-28(14-16-29)12-4-3-7-24(31)30-18-20-6-2-1-5-19(20)17-23(30)25(27)32/h1-2,5-6,8-11,23H,3-4,7,12-18H2,(H2,27,32)/t23-/m0/s1. The van der Waals surface area contributed by atoms with E-state index < -0.39 is 11.9 Å². The second-order valence-electron chi connectivity index (χ2n) is 8.67. The van der Waals surface area contributed by atoms with Crippen molar-refractivity contribution in [3.05, 3.63) is 65.5 Å². The monoisotopic (exact) mass is 438 g/mol. The maximum atomic E-state index is 13.1. The van der Waals surface area contributed by atoms with E-state index in [1.165, 1.54) is 12.1 Å². The Hall–Kier alpha value is -2.93. The molecule has 0 aromatic heterocycles. The maximum Gasteiger partial charge on any atom is 0.240 e. The number of hydrogen-bond acceptors (Lipinski definition) is 4. The topological polar surface area (TPSA) is 69.9 Å². The fourth-order valence-corrected chi connectivity index (χ4v) is 4.68. The highest BCUT2D eigenvalue weighted by Crippen LogP contribution is 2.24. The summed E-state index contributed by atoms with van der Waals surface area (Å²) in [5, 5.41) is 0. The molecule has 2 aliphatic rings. The Kier molecular flexibility index (Phi) is 7.05. The number of anilines is 1. The van der Waals surface area contributed by atoms with Crippen LogP contribution in [0.3, 0.4) is 0 Å². The van der Waals surface area contributed by atoms with Gasteiger partial charge in [-0.1, -0.05) is 24.3 Å². The van der Waals surface area contributed by atoms with Crippen molar-refractivity contribution in [2.45, 2.75) is 38.3 Å². The molecule has 0 unspecified atom stereocenters. The molecule has 170 valence electrons. The fraction of sp³-hybridized carbons (Fsp3) is 0.440. The van der Waals surface area contributed by atoms with Crippen molar-refractivity contribution in [2.75, 3.05) is 37.6 Å². The summed E-state index contributed by atoms with van der Waals surface area (Å²) in [4.78, 5) is 31.2. The summed E-state index contributed by atoms with van der Waals surface area (Å²) < 4.78 is 13.1. The van der Waals surface area contributed by atoms with Crippen molar-refractivity contribution < 1.29 is 14.0 Å². The molecule has 4 rings (SSSR count). The van der Waals surface area contributed by atoms with Gasteiger partial charge < -0.3 is 15.5 Å². The molecule has 2 N–H and O–H groups in total. The third kappa shape index (κ3) is 5.27. The van der Waals surface area contributed by atoms with Gasteiger partial charge in [-0.15, -0.1) is 0 Å². The van der Waals surface area contributed by atoms with Gasteiger partial charge in [-0.05, 0) is 54.8 Å². The zero-order valence-electron chi connectivity index (χ0n) is 18.4. The first-order valence-corrected chi connectivity index (χ1v) is 11.4. The number of primary amides is 1. The molecule has 0 radical (unpaired) electrons. The van der Waals surface area contributed by atoms with Crippen LogP contribution in [-0.2, 0) is 22.6 Å². The second kappa shape index (κ2) is 10.1. The Labute approximate surface area is 188 Å². The van der Waals surface area contributed by atoms with Crippen LogP contribution in [0.4, 0.5) is 10.1 Å². The van der Waals surface area contributed by atoms with Gasteiger partial charge in [0.15, 0.2) is 0 Å². The highest BCUT2D eigenvalue weighted by Gasteiger charge is 2.32. The van der Waals surface area contributed by atoms with E-state index in [4.69, 9.17) is 5.73 Å².